The van der Waals surface area contributed by atoms with Crippen LogP contribution >= 0.6 is 0 Å². The average Bonchev–Trinajstić information content (AvgIpc) is 2.60. The van der Waals surface area contributed by atoms with Crippen LogP contribution in [0.3, 0.4) is 0 Å². The van der Waals surface area contributed by atoms with Crippen molar-refractivity contribution in [2.24, 2.45) is 5.73 Å². The van der Waals surface area contributed by atoms with Gasteiger partial charge in [-0.1, -0.05) is 12.1 Å². The predicted octanol–water partition coefficient (Wildman–Crippen LogP) is 1.40. The Balaban J connectivity index is 2.48. The number of nitrogens with one attached hydrogen (secondary N) is 1. The van der Waals surface area contributed by atoms with Gasteiger partial charge >= 0.3 is 10.1 Å². The van der Waals surface area contributed by atoms with Gasteiger partial charge in [-0.3, -0.25) is 0 Å². The second kappa shape index (κ2) is 4.62. The zero-order valence-electron chi connectivity index (χ0n) is 10.3. The largest absolute Gasteiger partial charge is 0.380 e. The summed E-state index contributed by atoms with van der Waals surface area (Å²) in [6.45, 7) is 1.93. The number of aromatic amines is 1. The van der Waals surface area contributed by atoms with Crippen molar-refractivity contribution in [3.63, 3.8) is 0 Å². The van der Waals surface area contributed by atoms with Crippen molar-refractivity contribution in [2.45, 2.75) is 19.4 Å². The van der Waals surface area contributed by atoms with Crippen molar-refractivity contribution in [3.8, 4) is 5.75 Å². The summed E-state index contributed by atoms with van der Waals surface area (Å²) in [5.74, 6) is 0.311. The molecule has 0 amide bonds. The van der Waals surface area contributed by atoms with E-state index in [4.69, 9.17) is 9.92 Å². The van der Waals surface area contributed by atoms with Crippen molar-refractivity contribution >= 4 is 21.0 Å². The van der Waals surface area contributed by atoms with E-state index < -0.39 is 10.1 Å². The Kier molecular flexibility index (Phi) is 3.32. The molecule has 0 unspecified atom stereocenters. The molecule has 0 bridgehead atoms. The van der Waals surface area contributed by atoms with E-state index in [1.54, 1.807) is 12.1 Å². The van der Waals surface area contributed by atoms with Crippen molar-refractivity contribution in [3.05, 3.63) is 30.0 Å². The van der Waals surface area contributed by atoms with E-state index in [0.717, 1.165) is 23.6 Å². The molecular weight excluding hydrogens is 252 g/mol. The summed E-state index contributed by atoms with van der Waals surface area (Å²) < 4.78 is 27.3. The first-order valence-corrected chi connectivity index (χ1v) is 7.42. The van der Waals surface area contributed by atoms with Gasteiger partial charge in [0.05, 0.1) is 11.8 Å². The number of para-hydroxylation sites is 1. The van der Waals surface area contributed by atoms with Gasteiger partial charge in [-0.25, -0.2) is 0 Å². The lowest BCUT2D eigenvalue weighted by molar-refractivity contribution is 0.495. The number of benzene rings is 1. The molecule has 0 saturated carbocycles. The van der Waals surface area contributed by atoms with Crippen LogP contribution in [0.5, 0.6) is 5.75 Å². The summed E-state index contributed by atoms with van der Waals surface area (Å²) in [6, 6.07) is 5.35. The third-order valence-corrected chi connectivity index (χ3v) is 3.03. The summed E-state index contributed by atoms with van der Waals surface area (Å²) in [5.41, 5.74) is 7.51. The molecule has 0 aliphatic carbocycles. The van der Waals surface area contributed by atoms with Gasteiger partial charge in [-0.05, 0) is 25.0 Å². The lowest BCUT2D eigenvalue weighted by atomic mass is 10.1. The molecule has 1 aromatic heterocycles. The van der Waals surface area contributed by atoms with Crippen LogP contribution in [0.15, 0.2) is 24.4 Å². The van der Waals surface area contributed by atoms with Crippen LogP contribution in [0.1, 0.15) is 12.5 Å². The number of H-pyrrole nitrogens is 1. The van der Waals surface area contributed by atoms with Gasteiger partial charge in [0.15, 0.2) is 5.75 Å². The van der Waals surface area contributed by atoms with Gasteiger partial charge in [0.25, 0.3) is 0 Å². The monoisotopic (exact) mass is 268 g/mol. The number of hydrogen-bond acceptors (Lipinski definition) is 4. The fourth-order valence-electron chi connectivity index (χ4n) is 1.93. The number of fused-ring (bicyclic) bond motifs is 1. The average molecular weight is 268 g/mol. The highest BCUT2D eigenvalue weighted by molar-refractivity contribution is 7.86. The molecule has 0 aliphatic heterocycles. The highest BCUT2D eigenvalue weighted by Crippen LogP contribution is 2.28. The highest BCUT2D eigenvalue weighted by Gasteiger charge is 2.12. The van der Waals surface area contributed by atoms with Crippen molar-refractivity contribution in [1.82, 2.24) is 4.98 Å². The summed E-state index contributed by atoms with van der Waals surface area (Å²) in [5, 5.41) is 0.938. The molecule has 0 fully saturated rings. The molecule has 1 atom stereocenters. The van der Waals surface area contributed by atoms with Gasteiger partial charge in [0, 0.05) is 17.6 Å². The molecule has 2 aromatic rings. The first kappa shape index (κ1) is 12.9. The first-order valence-electron chi connectivity index (χ1n) is 5.61. The summed E-state index contributed by atoms with van der Waals surface area (Å²) in [7, 11) is -3.53. The third kappa shape index (κ3) is 2.83. The van der Waals surface area contributed by atoms with Crippen LogP contribution in [0.4, 0.5) is 0 Å². The van der Waals surface area contributed by atoms with Crippen LogP contribution < -0.4 is 9.92 Å². The zero-order valence-corrected chi connectivity index (χ0v) is 11.1. The van der Waals surface area contributed by atoms with Gasteiger partial charge in [0.1, 0.15) is 0 Å². The molecule has 6 heteroatoms. The molecule has 5 nitrogen and oxygen atoms in total. The molecule has 98 valence electrons. The highest BCUT2D eigenvalue weighted by atomic mass is 32.2. The summed E-state index contributed by atoms with van der Waals surface area (Å²) in [6.07, 6.45) is 3.59. The first-order chi connectivity index (χ1) is 8.37. The van der Waals surface area contributed by atoms with E-state index in [-0.39, 0.29) is 6.04 Å². The van der Waals surface area contributed by atoms with Crippen LogP contribution in [-0.2, 0) is 16.5 Å². The Labute approximate surface area is 106 Å². The maximum atomic E-state index is 11.2. The van der Waals surface area contributed by atoms with E-state index in [1.807, 2.05) is 19.2 Å². The van der Waals surface area contributed by atoms with Crippen LogP contribution in [-0.4, -0.2) is 25.7 Å². The molecule has 1 aromatic carbocycles. The van der Waals surface area contributed by atoms with E-state index in [0.29, 0.717) is 11.3 Å². The molecule has 0 aliphatic rings. The fourth-order valence-corrected chi connectivity index (χ4v) is 2.40. The molecular formula is C12H16N2O3S. The molecule has 18 heavy (non-hydrogen) atoms. The molecule has 1 heterocycles. The van der Waals surface area contributed by atoms with Gasteiger partial charge in [-0.2, -0.15) is 8.42 Å². The minimum absolute atomic E-state index is 0.0449. The lowest BCUT2D eigenvalue weighted by Gasteiger charge is -2.05. The predicted molar refractivity (Wildman–Crippen MR) is 71.1 cm³/mol. The number of aromatic nitrogens is 1. The van der Waals surface area contributed by atoms with E-state index in [2.05, 4.69) is 4.98 Å². The second-order valence-electron chi connectivity index (χ2n) is 4.46. The Bertz CT molecular complexity index is 659. The normalized spacial score (nSPS) is 13.7. The standard InChI is InChI=1S/C12H16N2O3S/c1-8(13)6-9-7-14-12-10(9)4-3-5-11(12)17-18(2,15)16/h3-5,7-8,14H,6,13H2,1-2H3/t8-/m1/s1. The van der Waals surface area contributed by atoms with Gasteiger partial charge < -0.3 is 14.9 Å². The Morgan fingerprint density at radius 2 is 2.17 bits per heavy atom. The fraction of sp³-hybridized carbons (Fsp3) is 0.333. The SMILES string of the molecule is C[C@@H](N)Cc1c[nH]c2c(OS(C)(=O)=O)cccc12. The number of hydrogen-bond donors (Lipinski definition) is 2. The number of nitrogens with two attached hydrogens (primary N) is 1. The molecule has 0 spiro atoms. The molecule has 0 saturated heterocycles. The van der Waals surface area contributed by atoms with Gasteiger partial charge in [0.2, 0.25) is 0 Å². The van der Waals surface area contributed by atoms with E-state index in [9.17, 15) is 8.42 Å². The maximum Gasteiger partial charge on any atom is 0.306 e. The zero-order chi connectivity index (χ0) is 13.3. The third-order valence-electron chi connectivity index (χ3n) is 2.55. The van der Waals surface area contributed by atoms with E-state index >= 15 is 0 Å². The van der Waals surface area contributed by atoms with E-state index in [1.165, 1.54) is 0 Å². The maximum absolute atomic E-state index is 11.2. The second-order valence-corrected chi connectivity index (χ2v) is 6.04. The van der Waals surface area contributed by atoms with Crippen LogP contribution in [0.25, 0.3) is 10.9 Å². The summed E-state index contributed by atoms with van der Waals surface area (Å²) >= 11 is 0. The summed E-state index contributed by atoms with van der Waals surface area (Å²) in [4.78, 5) is 3.04. The molecule has 3 N–H and O–H groups in total. The molecule has 2 rings (SSSR count). The number of rotatable bonds is 4. The van der Waals surface area contributed by atoms with Crippen LogP contribution in [0, 0.1) is 0 Å². The minimum Gasteiger partial charge on any atom is -0.380 e. The van der Waals surface area contributed by atoms with Crippen molar-refractivity contribution in [1.29, 1.82) is 0 Å². The lowest BCUT2D eigenvalue weighted by Crippen LogP contribution is -2.17. The quantitative estimate of drug-likeness (QED) is 0.821. The van der Waals surface area contributed by atoms with Crippen LogP contribution in [0.2, 0.25) is 0 Å². The smallest absolute Gasteiger partial charge is 0.306 e. The Morgan fingerprint density at radius 1 is 1.44 bits per heavy atom. The van der Waals surface area contributed by atoms with Gasteiger partial charge in [-0.15, -0.1) is 0 Å². The topological polar surface area (TPSA) is 85.2 Å². The van der Waals surface area contributed by atoms with Crippen molar-refractivity contribution < 1.29 is 12.6 Å². The Hall–Kier alpha value is -1.53. The minimum atomic E-state index is -3.53. The molecule has 0 radical (unpaired) electrons. The van der Waals surface area contributed by atoms with Crippen molar-refractivity contribution in [2.75, 3.05) is 6.26 Å². The Morgan fingerprint density at radius 3 is 2.78 bits per heavy atom.